The van der Waals surface area contributed by atoms with Gasteiger partial charge in [0.25, 0.3) is 5.91 Å². The Hall–Kier alpha value is -2.48. The molecule has 1 aliphatic heterocycles. The Balaban J connectivity index is 0.00000210. The lowest BCUT2D eigenvalue weighted by Crippen LogP contribution is -2.52. The van der Waals surface area contributed by atoms with Crippen molar-refractivity contribution < 1.29 is 9.90 Å². The highest BCUT2D eigenvalue weighted by molar-refractivity contribution is 5.95. The molecule has 0 spiro atoms. The third kappa shape index (κ3) is 4.10. The number of hydrogen-bond donors (Lipinski definition) is 4. The maximum atomic E-state index is 12.4. The zero-order chi connectivity index (χ0) is 18.0. The molecular formula is C19H22ClN5O2. The van der Waals surface area contributed by atoms with E-state index in [1.54, 1.807) is 12.1 Å². The van der Waals surface area contributed by atoms with Crippen LogP contribution in [0.3, 0.4) is 0 Å². The van der Waals surface area contributed by atoms with Gasteiger partial charge >= 0.3 is 0 Å². The number of benzene rings is 1. The number of H-pyrrole nitrogens is 1. The minimum atomic E-state index is -0.866. The van der Waals surface area contributed by atoms with Crippen LogP contribution >= 0.6 is 12.4 Å². The Morgan fingerprint density at radius 3 is 2.78 bits per heavy atom. The van der Waals surface area contributed by atoms with Gasteiger partial charge in [0.2, 0.25) is 0 Å². The molecule has 27 heavy (non-hydrogen) atoms. The molecule has 8 heteroatoms. The molecule has 7 nitrogen and oxygen atoms in total. The molecule has 1 fully saturated rings. The first-order chi connectivity index (χ1) is 12.6. The van der Waals surface area contributed by atoms with Crippen molar-refractivity contribution in [1.29, 1.82) is 0 Å². The maximum Gasteiger partial charge on any atom is 0.251 e. The fourth-order valence-corrected chi connectivity index (χ4v) is 3.33. The number of carbonyl (C=O) groups is 1. The number of amides is 1. The van der Waals surface area contributed by atoms with E-state index in [9.17, 15) is 9.90 Å². The Morgan fingerprint density at radius 2 is 2.04 bits per heavy atom. The molecule has 1 saturated heterocycles. The SMILES string of the molecule is Cl.O=C(NCC1(O)CCCNC1)c1ccc(-c2ncnc3[nH]ccc23)cc1. The Labute approximate surface area is 163 Å². The van der Waals surface area contributed by atoms with Crippen LogP contribution in [-0.2, 0) is 0 Å². The van der Waals surface area contributed by atoms with E-state index in [2.05, 4.69) is 25.6 Å². The van der Waals surface area contributed by atoms with Crippen LogP contribution in [0.15, 0.2) is 42.9 Å². The van der Waals surface area contributed by atoms with Crippen LogP contribution in [0.25, 0.3) is 22.3 Å². The van der Waals surface area contributed by atoms with E-state index in [0.29, 0.717) is 18.5 Å². The number of carbonyl (C=O) groups excluding carboxylic acids is 1. The summed E-state index contributed by atoms with van der Waals surface area (Å²) in [5.41, 5.74) is 2.22. The Bertz CT molecular complexity index is 919. The molecule has 2 aromatic heterocycles. The van der Waals surface area contributed by atoms with Crippen molar-refractivity contribution in [2.45, 2.75) is 18.4 Å². The van der Waals surface area contributed by atoms with Gasteiger partial charge in [0, 0.05) is 35.8 Å². The van der Waals surface area contributed by atoms with Crippen molar-refractivity contribution >= 4 is 29.3 Å². The first-order valence-corrected chi connectivity index (χ1v) is 8.74. The van der Waals surface area contributed by atoms with E-state index in [0.717, 1.165) is 35.3 Å². The van der Waals surface area contributed by atoms with Crippen molar-refractivity contribution in [1.82, 2.24) is 25.6 Å². The number of rotatable bonds is 4. The van der Waals surface area contributed by atoms with E-state index in [-0.39, 0.29) is 24.9 Å². The third-order valence-electron chi connectivity index (χ3n) is 4.80. The number of aliphatic hydroxyl groups is 1. The summed E-state index contributed by atoms with van der Waals surface area (Å²) in [4.78, 5) is 24.0. The van der Waals surface area contributed by atoms with Crippen LogP contribution < -0.4 is 10.6 Å². The van der Waals surface area contributed by atoms with Crippen molar-refractivity contribution in [2.24, 2.45) is 0 Å². The number of hydrogen-bond acceptors (Lipinski definition) is 5. The summed E-state index contributed by atoms with van der Waals surface area (Å²) >= 11 is 0. The van der Waals surface area contributed by atoms with Gasteiger partial charge in [-0.25, -0.2) is 9.97 Å². The number of β-amino-alcohol motifs (C(OH)–C–C–N with tert-alkyl or cyclic N) is 1. The molecule has 0 radical (unpaired) electrons. The highest BCUT2D eigenvalue weighted by Crippen LogP contribution is 2.25. The van der Waals surface area contributed by atoms with E-state index in [1.165, 1.54) is 6.33 Å². The topological polar surface area (TPSA) is 103 Å². The second kappa shape index (κ2) is 8.04. The molecule has 1 aliphatic rings. The van der Waals surface area contributed by atoms with Crippen LogP contribution in [0.5, 0.6) is 0 Å². The fraction of sp³-hybridized carbons (Fsp3) is 0.316. The molecule has 0 aliphatic carbocycles. The van der Waals surface area contributed by atoms with E-state index < -0.39 is 5.60 Å². The minimum absolute atomic E-state index is 0. The van der Waals surface area contributed by atoms with Crippen LogP contribution in [0.1, 0.15) is 23.2 Å². The first-order valence-electron chi connectivity index (χ1n) is 8.74. The van der Waals surface area contributed by atoms with Gasteiger partial charge < -0.3 is 20.7 Å². The van der Waals surface area contributed by atoms with Crippen molar-refractivity contribution in [3.63, 3.8) is 0 Å². The monoisotopic (exact) mass is 387 g/mol. The lowest BCUT2D eigenvalue weighted by Gasteiger charge is -2.32. The number of nitrogens with one attached hydrogen (secondary N) is 3. The highest BCUT2D eigenvalue weighted by atomic mass is 35.5. The smallest absolute Gasteiger partial charge is 0.251 e. The van der Waals surface area contributed by atoms with Gasteiger partial charge in [-0.15, -0.1) is 12.4 Å². The van der Waals surface area contributed by atoms with Gasteiger partial charge in [-0.2, -0.15) is 0 Å². The van der Waals surface area contributed by atoms with Gasteiger partial charge in [0.05, 0.1) is 11.3 Å². The molecule has 1 aromatic carbocycles. The van der Waals surface area contributed by atoms with Gasteiger partial charge in [-0.3, -0.25) is 4.79 Å². The second-order valence-electron chi connectivity index (χ2n) is 6.73. The number of piperidine rings is 1. The third-order valence-corrected chi connectivity index (χ3v) is 4.80. The van der Waals surface area contributed by atoms with Crippen molar-refractivity contribution in [3.8, 4) is 11.3 Å². The summed E-state index contributed by atoms with van der Waals surface area (Å²) in [6.45, 7) is 1.66. The average Bonchev–Trinajstić information content (AvgIpc) is 3.16. The van der Waals surface area contributed by atoms with Crippen LogP contribution in [-0.4, -0.2) is 51.2 Å². The molecule has 142 valence electrons. The molecule has 4 rings (SSSR count). The fourth-order valence-electron chi connectivity index (χ4n) is 3.33. The van der Waals surface area contributed by atoms with Crippen LogP contribution in [0, 0.1) is 0 Å². The lowest BCUT2D eigenvalue weighted by atomic mass is 9.94. The van der Waals surface area contributed by atoms with Gasteiger partial charge in [0.15, 0.2) is 0 Å². The maximum absolute atomic E-state index is 12.4. The number of halogens is 1. The van der Waals surface area contributed by atoms with E-state index in [1.807, 2.05) is 24.4 Å². The Kier molecular flexibility index (Phi) is 5.74. The summed E-state index contributed by atoms with van der Waals surface area (Å²) in [5, 5.41) is 17.4. The molecule has 1 amide bonds. The first kappa shape index (κ1) is 19.3. The van der Waals surface area contributed by atoms with Gasteiger partial charge in [-0.05, 0) is 37.6 Å². The number of aromatic amines is 1. The zero-order valence-electron chi connectivity index (χ0n) is 14.7. The standard InChI is InChI=1S/C19H21N5O2.ClH/c25-18(22-11-19(26)7-1-8-20-10-19)14-4-2-13(3-5-14)16-15-6-9-21-17(15)24-12-23-16;/h2-6,9,12,20,26H,1,7-8,10-11H2,(H,22,25)(H,21,23,24);1H. The molecule has 3 heterocycles. The van der Waals surface area contributed by atoms with Crippen molar-refractivity contribution in [3.05, 3.63) is 48.4 Å². The minimum Gasteiger partial charge on any atom is -0.387 e. The largest absolute Gasteiger partial charge is 0.387 e. The van der Waals surface area contributed by atoms with Crippen molar-refractivity contribution in [2.75, 3.05) is 19.6 Å². The second-order valence-corrected chi connectivity index (χ2v) is 6.73. The molecular weight excluding hydrogens is 366 g/mol. The normalized spacial score (nSPS) is 19.4. The molecule has 1 atom stereocenters. The zero-order valence-corrected chi connectivity index (χ0v) is 15.6. The Morgan fingerprint density at radius 1 is 1.22 bits per heavy atom. The lowest BCUT2D eigenvalue weighted by molar-refractivity contribution is 0.0170. The number of aromatic nitrogens is 3. The van der Waals surface area contributed by atoms with E-state index in [4.69, 9.17) is 0 Å². The van der Waals surface area contributed by atoms with Crippen LogP contribution in [0.4, 0.5) is 0 Å². The predicted octanol–water partition coefficient (Wildman–Crippen LogP) is 1.89. The summed E-state index contributed by atoms with van der Waals surface area (Å²) in [6.07, 6.45) is 4.95. The summed E-state index contributed by atoms with van der Waals surface area (Å²) < 4.78 is 0. The number of nitrogens with zero attached hydrogens (tertiary/aromatic N) is 2. The van der Waals surface area contributed by atoms with E-state index >= 15 is 0 Å². The average molecular weight is 388 g/mol. The molecule has 0 bridgehead atoms. The summed E-state index contributed by atoms with van der Waals surface area (Å²) in [5.74, 6) is -0.190. The predicted molar refractivity (Wildman–Crippen MR) is 106 cm³/mol. The molecule has 0 saturated carbocycles. The highest BCUT2D eigenvalue weighted by Gasteiger charge is 2.29. The quantitative estimate of drug-likeness (QED) is 0.547. The summed E-state index contributed by atoms with van der Waals surface area (Å²) in [6, 6.07) is 9.23. The van der Waals surface area contributed by atoms with Crippen LogP contribution in [0.2, 0.25) is 0 Å². The summed E-state index contributed by atoms with van der Waals surface area (Å²) in [7, 11) is 0. The van der Waals surface area contributed by atoms with Gasteiger partial charge in [-0.1, -0.05) is 12.1 Å². The van der Waals surface area contributed by atoms with Gasteiger partial charge in [0.1, 0.15) is 12.0 Å². The molecule has 1 unspecified atom stereocenters. The number of fused-ring (bicyclic) bond motifs is 1. The molecule has 4 N–H and O–H groups in total. The molecule has 3 aromatic rings.